The zero-order chi connectivity index (χ0) is 15.9. The van der Waals surface area contributed by atoms with Crippen LogP contribution in [0.2, 0.25) is 0 Å². The first kappa shape index (κ1) is 14.3. The highest BCUT2D eigenvalue weighted by atomic mass is 32.2. The minimum absolute atomic E-state index is 0.0501. The van der Waals surface area contributed by atoms with Gasteiger partial charge in [0.25, 0.3) is 0 Å². The Bertz CT molecular complexity index is 1020. The van der Waals surface area contributed by atoms with Crippen LogP contribution in [-0.2, 0) is 16.9 Å². The molecule has 0 spiro atoms. The van der Waals surface area contributed by atoms with Gasteiger partial charge >= 0.3 is 0 Å². The molecule has 0 saturated carbocycles. The van der Waals surface area contributed by atoms with Gasteiger partial charge in [0.1, 0.15) is 5.82 Å². The fraction of sp³-hybridized carbons (Fsp3) is 0.0625. The van der Waals surface area contributed by atoms with Crippen molar-refractivity contribution in [2.45, 2.75) is 9.79 Å². The summed E-state index contributed by atoms with van der Waals surface area (Å²) in [5.74, 6) is -0.0625. The second-order valence-electron chi connectivity index (χ2n) is 4.94. The molecule has 1 heterocycles. The van der Waals surface area contributed by atoms with E-state index in [1.165, 1.54) is 16.7 Å². The minimum Gasteiger partial charge on any atom is -0.384 e. The van der Waals surface area contributed by atoms with Crippen LogP contribution in [-0.4, -0.2) is 13.0 Å². The minimum atomic E-state index is -3.97. The topological polar surface area (TPSA) is 82.2 Å². The first-order valence-electron chi connectivity index (χ1n) is 6.62. The number of rotatable bonds is 2. The molecular weight excluding hydrogens is 300 g/mol. The summed E-state index contributed by atoms with van der Waals surface area (Å²) in [6.07, 6.45) is 0. The van der Waals surface area contributed by atoms with Gasteiger partial charge in [-0.1, -0.05) is 30.3 Å². The molecule has 0 aliphatic heterocycles. The molecule has 0 aliphatic carbocycles. The summed E-state index contributed by atoms with van der Waals surface area (Å²) >= 11 is 0. The van der Waals surface area contributed by atoms with Gasteiger partial charge in [0.05, 0.1) is 10.4 Å². The number of aromatic nitrogens is 1. The Hall–Kier alpha value is -2.60. The lowest BCUT2D eigenvalue weighted by molar-refractivity contribution is 0.595. The van der Waals surface area contributed by atoms with E-state index in [4.69, 9.17) is 5.73 Å². The van der Waals surface area contributed by atoms with Crippen LogP contribution in [0.25, 0.3) is 10.9 Å². The molecule has 0 saturated heterocycles. The molecule has 0 amide bonds. The van der Waals surface area contributed by atoms with Crippen molar-refractivity contribution < 1.29 is 8.42 Å². The maximum atomic E-state index is 12.8. The van der Waals surface area contributed by atoms with Crippen molar-refractivity contribution in [3.63, 3.8) is 0 Å². The zero-order valence-electron chi connectivity index (χ0n) is 11.9. The largest absolute Gasteiger partial charge is 0.384 e. The number of nitrogens with zero attached hydrogens (tertiary/aromatic N) is 1. The fourth-order valence-electron chi connectivity index (χ4n) is 2.46. The van der Waals surface area contributed by atoms with Crippen molar-refractivity contribution in [2.75, 3.05) is 5.73 Å². The van der Waals surface area contributed by atoms with E-state index in [1.807, 2.05) is 0 Å². The van der Waals surface area contributed by atoms with E-state index >= 15 is 0 Å². The smallest absolute Gasteiger partial charge is 0.214 e. The fourth-order valence-corrected chi connectivity index (χ4v) is 3.97. The molecule has 0 bridgehead atoms. The molecule has 0 radical (unpaired) electrons. The predicted molar refractivity (Wildman–Crippen MR) is 85.5 cm³/mol. The van der Waals surface area contributed by atoms with Gasteiger partial charge in [-0.2, -0.15) is 0 Å². The van der Waals surface area contributed by atoms with E-state index in [2.05, 4.69) is 0 Å². The number of pyridine rings is 1. The number of hydrogen-bond acceptors (Lipinski definition) is 4. The van der Waals surface area contributed by atoms with Crippen LogP contribution >= 0.6 is 0 Å². The van der Waals surface area contributed by atoms with Gasteiger partial charge in [-0.15, -0.1) is 0 Å². The second kappa shape index (κ2) is 4.99. The Morgan fingerprint density at radius 2 is 1.55 bits per heavy atom. The third-order valence-corrected chi connectivity index (χ3v) is 5.46. The predicted octanol–water partition coefficient (Wildman–Crippen LogP) is 1.95. The standard InChI is InChI=1S/C16H14N2O3S/c1-18-13-10-6-5-9-12(13)14(19)15(16(18)17)22(20,21)11-7-3-2-4-8-11/h2-10H,17H2,1H3. The lowest BCUT2D eigenvalue weighted by atomic mass is 10.2. The number of nitrogens with two attached hydrogens (primary N) is 1. The van der Waals surface area contributed by atoms with Gasteiger partial charge in [-0.25, -0.2) is 8.42 Å². The maximum absolute atomic E-state index is 12.8. The SMILES string of the molecule is Cn1c(N)c(S(=O)(=O)c2ccccc2)c(=O)c2ccccc21. The summed E-state index contributed by atoms with van der Waals surface area (Å²) in [5.41, 5.74) is 5.98. The molecule has 0 aliphatic rings. The number of para-hydroxylation sites is 1. The molecule has 0 atom stereocenters. The molecule has 6 heteroatoms. The van der Waals surface area contributed by atoms with Crippen LogP contribution in [0.15, 0.2) is 69.2 Å². The van der Waals surface area contributed by atoms with E-state index in [-0.39, 0.29) is 15.6 Å². The molecule has 22 heavy (non-hydrogen) atoms. The number of nitrogen functional groups attached to an aromatic ring is 1. The molecule has 1 aromatic heterocycles. The molecule has 0 fully saturated rings. The van der Waals surface area contributed by atoms with Crippen molar-refractivity contribution in [3.8, 4) is 0 Å². The van der Waals surface area contributed by atoms with Gasteiger partial charge in [0.15, 0.2) is 4.90 Å². The lowest BCUT2D eigenvalue weighted by Crippen LogP contribution is -2.22. The maximum Gasteiger partial charge on any atom is 0.214 e. The third-order valence-electron chi connectivity index (χ3n) is 3.63. The quantitative estimate of drug-likeness (QED) is 0.784. The van der Waals surface area contributed by atoms with Gasteiger partial charge in [-0.05, 0) is 24.3 Å². The van der Waals surface area contributed by atoms with Crippen molar-refractivity contribution in [2.24, 2.45) is 7.05 Å². The summed E-state index contributed by atoms with van der Waals surface area (Å²) in [4.78, 5) is 12.3. The van der Waals surface area contributed by atoms with Gasteiger partial charge in [0, 0.05) is 12.4 Å². The molecule has 3 rings (SSSR count). The van der Waals surface area contributed by atoms with Crippen LogP contribution in [0.4, 0.5) is 5.82 Å². The van der Waals surface area contributed by atoms with Gasteiger partial charge in [0.2, 0.25) is 15.3 Å². The van der Waals surface area contributed by atoms with Crippen molar-refractivity contribution in [3.05, 3.63) is 64.8 Å². The number of hydrogen-bond donors (Lipinski definition) is 1. The second-order valence-corrected chi connectivity index (χ2v) is 6.82. The number of benzene rings is 2. The number of sulfone groups is 1. The molecule has 3 aromatic rings. The van der Waals surface area contributed by atoms with Crippen LogP contribution in [0, 0.1) is 0 Å². The summed E-state index contributed by atoms with van der Waals surface area (Å²) < 4.78 is 27.1. The van der Waals surface area contributed by atoms with E-state index in [0.29, 0.717) is 10.9 Å². The van der Waals surface area contributed by atoms with Crippen LogP contribution in [0.3, 0.4) is 0 Å². The highest BCUT2D eigenvalue weighted by molar-refractivity contribution is 7.91. The molecule has 112 valence electrons. The van der Waals surface area contributed by atoms with Crippen molar-refractivity contribution in [1.29, 1.82) is 0 Å². The Kier molecular flexibility index (Phi) is 3.26. The van der Waals surface area contributed by atoms with E-state index in [9.17, 15) is 13.2 Å². The van der Waals surface area contributed by atoms with E-state index in [1.54, 1.807) is 49.5 Å². The Morgan fingerprint density at radius 1 is 0.955 bits per heavy atom. The molecule has 2 N–H and O–H groups in total. The van der Waals surface area contributed by atoms with Crippen LogP contribution in [0.1, 0.15) is 0 Å². The highest BCUT2D eigenvalue weighted by Crippen LogP contribution is 2.25. The number of aryl methyl sites for hydroxylation is 1. The number of anilines is 1. The van der Waals surface area contributed by atoms with E-state index < -0.39 is 15.3 Å². The van der Waals surface area contributed by atoms with Gasteiger partial charge < -0.3 is 10.3 Å². The number of fused-ring (bicyclic) bond motifs is 1. The average molecular weight is 314 g/mol. The molecule has 5 nitrogen and oxygen atoms in total. The average Bonchev–Trinajstić information content (AvgIpc) is 2.53. The molecule has 0 unspecified atom stereocenters. The summed E-state index contributed by atoms with van der Waals surface area (Å²) in [6, 6.07) is 14.6. The molecular formula is C16H14N2O3S. The lowest BCUT2D eigenvalue weighted by Gasteiger charge is -2.14. The van der Waals surface area contributed by atoms with Crippen molar-refractivity contribution in [1.82, 2.24) is 4.57 Å². The Balaban J connectivity index is 2.45. The normalized spacial score (nSPS) is 11.7. The van der Waals surface area contributed by atoms with Crippen LogP contribution in [0.5, 0.6) is 0 Å². The van der Waals surface area contributed by atoms with Crippen molar-refractivity contribution >= 4 is 26.6 Å². The first-order chi connectivity index (χ1) is 10.4. The monoisotopic (exact) mass is 314 g/mol. The summed E-state index contributed by atoms with van der Waals surface area (Å²) in [5, 5.41) is 0.328. The summed E-state index contributed by atoms with van der Waals surface area (Å²) in [6.45, 7) is 0. The third kappa shape index (κ3) is 2.00. The highest BCUT2D eigenvalue weighted by Gasteiger charge is 2.26. The van der Waals surface area contributed by atoms with E-state index in [0.717, 1.165) is 0 Å². The Labute approximate surface area is 127 Å². The van der Waals surface area contributed by atoms with Gasteiger partial charge in [-0.3, -0.25) is 4.79 Å². The first-order valence-corrected chi connectivity index (χ1v) is 8.10. The zero-order valence-corrected chi connectivity index (χ0v) is 12.7. The summed E-state index contributed by atoms with van der Waals surface area (Å²) in [7, 11) is -2.33. The van der Waals surface area contributed by atoms with Crippen LogP contribution < -0.4 is 11.2 Å². The Morgan fingerprint density at radius 3 is 2.23 bits per heavy atom. The molecule has 2 aromatic carbocycles.